The maximum Gasteiger partial charge on any atom is 0.269 e. The van der Waals surface area contributed by atoms with Gasteiger partial charge in [-0.1, -0.05) is 12.1 Å². The van der Waals surface area contributed by atoms with Crippen molar-refractivity contribution in [1.29, 1.82) is 0 Å². The number of ether oxygens (including phenoxy) is 3. The Labute approximate surface area is 163 Å². The Hall–Kier alpha value is -3.00. The summed E-state index contributed by atoms with van der Waals surface area (Å²) in [7, 11) is 0.607. The molecule has 4 rings (SSSR count). The SMILES string of the molecule is COc1ccc(OC)c(S(=O)(=O)N2CCc3cc4cccc(OC)c4nc32)c1. The Morgan fingerprint density at radius 2 is 1.75 bits per heavy atom. The number of methoxy groups -OCH3 is 3. The van der Waals surface area contributed by atoms with Gasteiger partial charge in [0.05, 0.1) is 21.3 Å². The van der Waals surface area contributed by atoms with Crippen LogP contribution in [0.4, 0.5) is 5.82 Å². The van der Waals surface area contributed by atoms with Gasteiger partial charge in [-0.25, -0.2) is 17.7 Å². The second-order valence-corrected chi connectivity index (χ2v) is 8.18. The lowest BCUT2D eigenvalue weighted by molar-refractivity contribution is 0.392. The van der Waals surface area contributed by atoms with E-state index in [9.17, 15) is 8.42 Å². The normalized spacial score (nSPS) is 13.5. The quantitative estimate of drug-likeness (QED) is 0.655. The molecule has 0 spiro atoms. The molecule has 0 N–H and O–H groups in total. The Balaban J connectivity index is 1.88. The second kappa shape index (κ2) is 6.87. The van der Waals surface area contributed by atoms with E-state index in [0.717, 1.165) is 10.9 Å². The zero-order valence-corrected chi connectivity index (χ0v) is 16.6. The zero-order valence-electron chi connectivity index (χ0n) is 15.8. The highest BCUT2D eigenvalue weighted by Gasteiger charge is 2.35. The molecule has 0 saturated heterocycles. The van der Waals surface area contributed by atoms with E-state index in [1.54, 1.807) is 25.3 Å². The number of sulfonamides is 1. The molecule has 1 aliphatic rings. The van der Waals surface area contributed by atoms with Crippen LogP contribution in [0.5, 0.6) is 17.2 Å². The summed E-state index contributed by atoms with van der Waals surface area (Å²) in [4.78, 5) is 4.69. The predicted octanol–water partition coefficient (Wildman–Crippen LogP) is 3.01. The maximum atomic E-state index is 13.5. The van der Waals surface area contributed by atoms with Crippen LogP contribution in [-0.4, -0.2) is 41.3 Å². The van der Waals surface area contributed by atoms with Crippen LogP contribution in [0.2, 0.25) is 0 Å². The van der Waals surface area contributed by atoms with Crippen molar-refractivity contribution < 1.29 is 22.6 Å². The van der Waals surface area contributed by atoms with Gasteiger partial charge in [0.1, 0.15) is 33.5 Å². The summed E-state index contributed by atoms with van der Waals surface area (Å²) in [6, 6.07) is 12.3. The number of hydrogen-bond donors (Lipinski definition) is 0. The average Bonchev–Trinajstić information content (AvgIpc) is 3.14. The summed E-state index contributed by atoms with van der Waals surface area (Å²) in [5.41, 5.74) is 1.51. The zero-order chi connectivity index (χ0) is 19.9. The first kappa shape index (κ1) is 18.4. The Morgan fingerprint density at radius 3 is 2.46 bits per heavy atom. The molecule has 2 aromatic carbocycles. The fourth-order valence-electron chi connectivity index (χ4n) is 3.44. The molecule has 0 saturated carbocycles. The number of nitrogens with zero attached hydrogens (tertiary/aromatic N) is 2. The monoisotopic (exact) mass is 400 g/mol. The molecule has 0 unspecified atom stereocenters. The highest BCUT2D eigenvalue weighted by atomic mass is 32.2. The molecule has 0 radical (unpaired) electrons. The minimum atomic E-state index is -3.89. The third-order valence-corrected chi connectivity index (χ3v) is 6.65. The molecular weight excluding hydrogens is 380 g/mol. The van der Waals surface area contributed by atoms with E-state index in [2.05, 4.69) is 4.98 Å². The number of benzene rings is 2. The molecule has 146 valence electrons. The molecule has 28 heavy (non-hydrogen) atoms. The molecule has 1 aliphatic heterocycles. The van der Waals surface area contributed by atoms with Gasteiger partial charge in [0.25, 0.3) is 10.0 Å². The molecule has 0 fully saturated rings. The standard InChI is InChI=1S/C20H20N2O5S/c1-25-15-7-8-16(26-2)18(12-15)28(23,24)22-10-9-14-11-13-5-4-6-17(27-3)19(13)21-20(14)22/h4-8,11-12H,9-10H2,1-3H3. The van der Waals surface area contributed by atoms with E-state index >= 15 is 0 Å². The Morgan fingerprint density at radius 1 is 0.964 bits per heavy atom. The highest BCUT2D eigenvalue weighted by Crippen LogP contribution is 2.38. The molecule has 1 aromatic heterocycles. The summed E-state index contributed by atoms with van der Waals surface area (Å²) in [5.74, 6) is 1.71. The first-order valence-electron chi connectivity index (χ1n) is 8.71. The van der Waals surface area contributed by atoms with E-state index in [0.29, 0.717) is 35.8 Å². The van der Waals surface area contributed by atoms with Crippen LogP contribution in [-0.2, 0) is 16.4 Å². The van der Waals surface area contributed by atoms with Crippen LogP contribution in [0.1, 0.15) is 5.56 Å². The van der Waals surface area contributed by atoms with Crippen molar-refractivity contribution in [1.82, 2.24) is 4.98 Å². The van der Waals surface area contributed by atoms with Crippen LogP contribution in [0, 0.1) is 0 Å². The third kappa shape index (κ3) is 2.80. The van der Waals surface area contributed by atoms with Crippen LogP contribution < -0.4 is 18.5 Å². The number of hydrogen-bond acceptors (Lipinski definition) is 6. The number of pyridine rings is 1. The number of rotatable bonds is 5. The first-order chi connectivity index (χ1) is 13.5. The van der Waals surface area contributed by atoms with Crippen molar-refractivity contribution >= 4 is 26.7 Å². The maximum absolute atomic E-state index is 13.5. The summed E-state index contributed by atoms with van der Waals surface area (Å²) in [5, 5.41) is 0.913. The average molecular weight is 400 g/mol. The van der Waals surface area contributed by atoms with Crippen LogP contribution in [0.3, 0.4) is 0 Å². The van der Waals surface area contributed by atoms with Crippen molar-refractivity contribution in [2.24, 2.45) is 0 Å². The summed E-state index contributed by atoms with van der Waals surface area (Å²) < 4.78 is 44.1. The Bertz CT molecular complexity index is 1160. The van der Waals surface area contributed by atoms with Gasteiger partial charge in [0.2, 0.25) is 0 Å². The lowest BCUT2D eigenvalue weighted by Crippen LogP contribution is -2.30. The van der Waals surface area contributed by atoms with E-state index in [1.165, 1.54) is 24.6 Å². The number of anilines is 1. The smallest absolute Gasteiger partial charge is 0.269 e. The second-order valence-electron chi connectivity index (χ2n) is 6.35. The molecule has 0 bridgehead atoms. The van der Waals surface area contributed by atoms with Crippen molar-refractivity contribution in [2.75, 3.05) is 32.2 Å². The van der Waals surface area contributed by atoms with Crippen LogP contribution in [0.15, 0.2) is 47.4 Å². The van der Waals surface area contributed by atoms with Gasteiger partial charge in [-0.3, -0.25) is 0 Å². The summed E-state index contributed by atoms with van der Waals surface area (Å²) >= 11 is 0. The van der Waals surface area contributed by atoms with Crippen molar-refractivity contribution in [2.45, 2.75) is 11.3 Å². The van der Waals surface area contributed by atoms with Gasteiger partial charge in [-0.15, -0.1) is 0 Å². The van der Waals surface area contributed by atoms with Gasteiger partial charge in [-0.2, -0.15) is 0 Å². The fraction of sp³-hybridized carbons (Fsp3) is 0.250. The molecule has 2 heterocycles. The topological polar surface area (TPSA) is 78.0 Å². The summed E-state index contributed by atoms with van der Waals surface area (Å²) in [6.07, 6.45) is 0.584. The van der Waals surface area contributed by atoms with Gasteiger partial charge < -0.3 is 14.2 Å². The molecule has 0 aliphatic carbocycles. The Kier molecular flexibility index (Phi) is 4.50. The number of aromatic nitrogens is 1. The first-order valence-corrected chi connectivity index (χ1v) is 10.1. The van der Waals surface area contributed by atoms with E-state index in [4.69, 9.17) is 14.2 Å². The minimum absolute atomic E-state index is 0.0455. The molecule has 7 nitrogen and oxygen atoms in total. The van der Waals surface area contributed by atoms with Crippen molar-refractivity contribution in [3.05, 3.63) is 48.0 Å². The lowest BCUT2D eigenvalue weighted by atomic mass is 10.1. The van der Waals surface area contributed by atoms with Gasteiger partial charge in [0, 0.05) is 18.0 Å². The van der Waals surface area contributed by atoms with E-state index in [-0.39, 0.29) is 10.6 Å². The molecule has 0 atom stereocenters. The van der Waals surface area contributed by atoms with E-state index < -0.39 is 10.0 Å². The summed E-state index contributed by atoms with van der Waals surface area (Å²) in [6.45, 7) is 0.309. The molecule has 8 heteroatoms. The van der Waals surface area contributed by atoms with Gasteiger partial charge in [-0.05, 0) is 36.2 Å². The molecule has 3 aromatic rings. The van der Waals surface area contributed by atoms with Gasteiger partial charge in [0.15, 0.2) is 0 Å². The predicted molar refractivity (Wildman–Crippen MR) is 106 cm³/mol. The van der Waals surface area contributed by atoms with Crippen molar-refractivity contribution in [3.63, 3.8) is 0 Å². The van der Waals surface area contributed by atoms with Gasteiger partial charge >= 0.3 is 0 Å². The third-order valence-electron chi connectivity index (χ3n) is 4.84. The number of fused-ring (bicyclic) bond motifs is 2. The van der Waals surface area contributed by atoms with Crippen molar-refractivity contribution in [3.8, 4) is 17.2 Å². The van der Waals surface area contributed by atoms with Crippen LogP contribution >= 0.6 is 0 Å². The molecule has 0 amide bonds. The largest absolute Gasteiger partial charge is 0.497 e. The molecular formula is C20H20N2O5S. The number of para-hydroxylation sites is 1. The highest BCUT2D eigenvalue weighted by molar-refractivity contribution is 7.93. The lowest BCUT2D eigenvalue weighted by Gasteiger charge is -2.21. The van der Waals surface area contributed by atoms with E-state index in [1.807, 2.05) is 18.2 Å². The minimum Gasteiger partial charge on any atom is -0.497 e. The van der Waals surface area contributed by atoms with Crippen LogP contribution in [0.25, 0.3) is 10.9 Å². The fourth-order valence-corrected chi connectivity index (χ4v) is 5.06.